The zero-order valence-corrected chi connectivity index (χ0v) is 4.50. The highest BCUT2D eigenvalue weighted by Crippen LogP contribution is 1.98. The van der Waals surface area contributed by atoms with Gasteiger partial charge in [0.25, 0.3) is 0 Å². The van der Waals surface area contributed by atoms with Gasteiger partial charge in [0.15, 0.2) is 5.78 Å². The van der Waals surface area contributed by atoms with Crippen molar-refractivity contribution in [1.29, 1.82) is 0 Å². The van der Waals surface area contributed by atoms with Gasteiger partial charge in [0, 0.05) is 6.08 Å². The van der Waals surface area contributed by atoms with Gasteiger partial charge in [-0.25, -0.2) is 0 Å². The van der Waals surface area contributed by atoms with Crippen molar-refractivity contribution < 1.29 is 9.59 Å². The summed E-state index contributed by atoms with van der Waals surface area (Å²) in [4.78, 5) is 20.7. The van der Waals surface area contributed by atoms with Crippen LogP contribution in [0.2, 0.25) is 0 Å². The molecule has 9 heavy (non-hydrogen) atoms. The fourth-order valence-corrected chi connectivity index (χ4v) is 0.497. The van der Waals surface area contributed by atoms with E-state index in [9.17, 15) is 9.59 Å². The average Bonchev–Trinajstić information content (AvgIpc) is 1.80. The molecule has 0 heterocycles. The number of allylic oxidation sites excluding steroid dienone is 3. The van der Waals surface area contributed by atoms with Crippen LogP contribution in [-0.4, -0.2) is 11.6 Å². The summed E-state index contributed by atoms with van der Waals surface area (Å²) in [6, 6.07) is 0. The number of nitrogens with zero attached hydrogens (tertiary/aromatic N) is 1. The van der Waals surface area contributed by atoms with Crippen molar-refractivity contribution in [2.24, 2.45) is 0 Å². The Bertz CT molecular complexity index is 225. The quantitative estimate of drug-likeness (QED) is 0.411. The minimum Gasteiger partial charge on any atom is -0.290 e. The van der Waals surface area contributed by atoms with Crippen LogP contribution in [0.15, 0.2) is 23.9 Å². The molecule has 0 bridgehead atoms. The lowest BCUT2D eigenvalue weighted by atomic mass is 10.1. The van der Waals surface area contributed by atoms with E-state index < -0.39 is 11.5 Å². The molecular formula is C6H3NO2. The molecule has 0 N–H and O–H groups in total. The molecule has 3 nitrogen and oxygen atoms in total. The molecule has 0 fully saturated rings. The molecule has 1 rings (SSSR count). The van der Waals surface area contributed by atoms with Crippen molar-refractivity contribution in [2.45, 2.75) is 0 Å². The lowest BCUT2D eigenvalue weighted by molar-refractivity contribution is -0.114. The van der Waals surface area contributed by atoms with Crippen LogP contribution < -0.4 is 5.73 Å². The number of rotatable bonds is 0. The van der Waals surface area contributed by atoms with Gasteiger partial charge in [-0.15, -0.1) is 5.73 Å². The molecule has 0 unspecified atom stereocenters. The van der Waals surface area contributed by atoms with Crippen molar-refractivity contribution in [2.75, 3.05) is 0 Å². The van der Waals surface area contributed by atoms with Crippen molar-refractivity contribution in [3.05, 3.63) is 23.9 Å². The number of carbonyl (C=O) groups excluding carboxylic acids is 2. The van der Waals surface area contributed by atoms with E-state index in [1.165, 1.54) is 0 Å². The minimum atomic E-state index is -0.519. The number of hydrogen-bond donors (Lipinski definition) is 0. The Balaban J connectivity index is 2.95. The summed E-state index contributed by atoms with van der Waals surface area (Å²) in [5.41, 5.74) is 8.10. The van der Waals surface area contributed by atoms with Gasteiger partial charge in [0.05, 0.1) is 0 Å². The van der Waals surface area contributed by atoms with Crippen LogP contribution in [0.4, 0.5) is 0 Å². The van der Waals surface area contributed by atoms with Crippen LogP contribution in [0, 0.1) is 0 Å². The molecule has 0 aromatic heterocycles. The van der Waals surface area contributed by atoms with Gasteiger partial charge in [-0.3, -0.25) is 9.59 Å². The van der Waals surface area contributed by atoms with Crippen molar-refractivity contribution in [3.8, 4) is 0 Å². The average molecular weight is 121 g/mol. The molecule has 0 saturated heterocycles. The van der Waals surface area contributed by atoms with E-state index in [2.05, 4.69) is 0 Å². The monoisotopic (exact) mass is 121 g/mol. The molecule has 1 aliphatic rings. The van der Waals surface area contributed by atoms with E-state index in [0.717, 1.165) is 18.2 Å². The Morgan fingerprint density at radius 1 is 1.22 bits per heavy atom. The van der Waals surface area contributed by atoms with E-state index in [-0.39, 0.29) is 5.78 Å². The summed E-state index contributed by atoms with van der Waals surface area (Å²) in [5, 5.41) is 0. The van der Waals surface area contributed by atoms with Gasteiger partial charge in [-0.1, -0.05) is 0 Å². The first-order valence-corrected chi connectivity index (χ1v) is 2.37. The second-order valence-corrected chi connectivity index (χ2v) is 1.63. The molecule has 0 aliphatic heterocycles. The maximum atomic E-state index is 10.4. The third kappa shape index (κ3) is 1.05. The first-order chi connectivity index (χ1) is 4.20. The highest BCUT2D eigenvalue weighted by molar-refractivity contribution is 6.16. The molecule has 2 radical (unpaired) electrons. The minimum absolute atomic E-state index is 0.355. The standard InChI is InChI=1S/C6H3NO2/c7-5-3-4(8)1-2-6(5)9/h1-3H. The largest absolute Gasteiger partial charge is 0.290 e. The summed E-state index contributed by atoms with van der Waals surface area (Å²) in [6.07, 6.45) is 3.04. The Labute approximate surface area is 51.8 Å². The van der Waals surface area contributed by atoms with E-state index in [1.807, 2.05) is 0 Å². The van der Waals surface area contributed by atoms with Crippen LogP contribution in [-0.2, 0) is 9.59 Å². The van der Waals surface area contributed by atoms with Crippen LogP contribution in [0.25, 0.3) is 0 Å². The van der Waals surface area contributed by atoms with Crippen molar-refractivity contribution >= 4 is 11.6 Å². The first-order valence-electron chi connectivity index (χ1n) is 2.37. The topological polar surface area (TPSA) is 56.4 Å². The molecular weight excluding hydrogens is 118 g/mol. The zero-order valence-electron chi connectivity index (χ0n) is 4.50. The van der Waals surface area contributed by atoms with E-state index in [0.29, 0.717) is 0 Å². The third-order valence-electron chi connectivity index (χ3n) is 0.930. The molecule has 44 valence electrons. The Morgan fingerprint density at radius 2 is 1.89 bits per heavy atom. The normalized spacial score (nSPS) is 18.0. The Kier molecular flexibility index (Phi) is 1.18. The second kappa shape index (κ2) is 1.85. The van der Waals surface area contributed by atoms with Gasteiger partial charge in [0.1, 0.15) is 5.70 Å². The van der Waals surface area contributed by atoms with Gasteiger partial charge in [0.2, 0.25) is 5.78 Å². The number of hydrogen-bond acceptors (Lipinski definition) is 2. The molecule has 0 aromatic carbocycles. The maximum Gasteiger partial charge on any atom is 0.206 e. The Morgan fingerprint density at radius 3 is 2.33 bits per heavy atom. The molecule has 3 heteroatoms. The first kappa shape index (κ1) is 5.75. The van der Waals surface area contributed by atoms with Crippen LogP contribution in [0.1, 0.15) is 0 Å². The molecule has 1 aliphatic carbocycles. The van der Waals surface area contributed by atoms with Gasteiger partial charge in [-0.05, 0) is 12.2 Å². The van der Waals surface area contributed by atoms with Crippen LogP contribution >= 0.6 is 0 Å². The lowest BCUT2D eigenvalue weighted by Crippen LogP contribution is -2.07. The molecule has 0 saturated carbocycles. The molecule has 0 spiro atoms. The zero-order chi connectivity index (χ0) is 6.85. The summed E-state index contributed by atoms with van der Waals surface area (Å²) in [6.45, 7) is 0. The predicted octanol–water partition coefficient (Wildman–Crippen LogP) is -0.353. The van der Waals surface area contributed by atoms with Gasteiger partial charge in [-0.2, -0.15) is 0 Å². The fourth-order valence-electron chi connectivity index (χ4n) is 0.497. The van der Waals surface area contributed by atoms with E-state index >= 15 is 0 Å². The second-order valence-electron chi connectivity index (χ2n) is 1.63. The van der Waals surface area contributed by atoms with Gasteiger partial charge < -0.3 is 0 Å². The van der Waals surface area contributed by atoms with E-state index in [4.69, 9.17) is 5.73 Å². The summed E-state index contributed by atoms with van der Waals surface area (Å²) in [5.74, 6) is -0.873. The number of carbonyl (C=O) groups is 2. The summed E-state index contributed by atoms with van der Waals surface area (Å²) >= 11 is 0. The number of ketones is 2. The van der Waals surface area contributed by atoms with E-state index in [1.54, 1.807) is 0 Å². The highest BCUT2D eigenvalue weighted by Gasteiger charge is 2.09. The van der Waals surface area contributed by atoms with Crippen molar-refractivity contribution in [1.82, 2.24) is 5.73 Å². The Hall–Kier alpha value is -1.38. The third-order valence-corrected chi connectivity index (χ3v) is 0.930. The molecule has 0 atom stereocenters. The lowest BCUT2D eigenvalue weighted by Gasteiger charge is -1.93. The molecule has 0 aromatic rings. The van der Waals surface area contributed by atoms with Crippen LogP contribution in [0.3, 0.4) is 0 Å². The van der Waals surface area contributed by atoms with Gasteiger partial charge >= 0.3 is 0 Å². The molecule has 0 amide bonds. The fraction of sp³-hybridized carbons (Fsp3) is 0. The SMILES string of the molecule is [N]C1=CC(=O)C=CC1=O. The highest BCUT2D eigenvalue weighted by atomic mass is 16.1. The predicted molar refractivity (Wildman–Crippen MR) is 29.4 cm³/mol. The smallest absolute Gasteiger partial charge is 0.206 e. The van der Waals surface area contributed by atoms with Crippen LogP contribution in [0.5, 0.6) is 0 Å². The summed E-state index contributed by atoms with van der Waals surface area (Å²) in [7, 11) is 0. The maximum absolute atomic E-state index is 10.4. The summed E-state index contributed by atoms with van der Waals surface area (Å²) < 4.78 is 0. The van der Waals surface area contributed by atoms with Crippen molar-refractivity contribution in [3.63, 3.8) is 0 Å².